The predicted octanol–water partition coefficient (Wildman–Crippen LogP) is 2.70. The fourth-order valence-corrected chi connectivity index (χ4v) is 3.64. The summed E-state index contributed by atoms with van der Waals surface area (Å²) in [5.41, 5.74) is 1.93. The maximum Gasteiger partial charge on any atom is 0.306 e. The van der Waals surface area contributed by atoms with Crippen molar-refractivity contribution in [2.75, 3.05) is 13.1 Å². The number of piperidine rings is 1. The number of nitrogens with zero attached hydrogens (tertiary/aromatic N) is 2. The molecule has 0 aromatic heterocycles. The first-order chi connectivity index (χ1) is 11.1. The molecule has 2 unspecified atom stereocenters. The number of nitro benzene ring substituents is 1. The maximum absolute atomic E-state index is 12.9. The van der Waals surface area contributed by atoms with E-state index < -0.39 is 16.8 Å². The fraction of sp³-hybridized carbons (Fsp3) is 0.529. The molecule has 1 aromatic rings. The van der Waals surface area contributed by atoms with E-state index in [0.717, 1.165) is 0 Å². The summed E-state index contributed by atoms with van der Waals surface area (Å²) in [6.45, 7) is 7.53. The zero-order valence-corrected chi connectivity index (χ0v) is 14.3. The topological polar surface area (TPSA) is 101 Å². The number of carboxylic acids is 1. The molecular formula is C17H22N2O5. The summed E-state index contributed by atoms with van der Waals surface area (Å²) >= 11 is 0. The zero-order valence-electron chi connectivity index (χ0n) is 14.3. The van der Waals surface area contributed by atoms with Crippen LogP contribution in [0.5, 0.6) is 0 Å². The van der Waals surface area contributed by atoms with Gasteiger partial charge in [-0.15, -0.1) is 0 Å². The molecule has 2 atom stereocenters. The van der Waals surface area contributed by atoms with Crippen molar-refractivity contribution in [3.8, 4) is 0 Å². The smallest absolute Gasteiger partial charge is 0.306 e. The summed E-state index contributed by atoms with van der Waals surface area (Å²) in [5, 5.41) is 20.5. The summed E-state index contributed by atoms with van der Waals surface area (Å²) in [5.74, 6) is -1.71. The van der Waals surface area contributed by atoms with Gasteiger partial charge in [0.1, 0.15) is 0 Å². The van der Waals surface area contributed by atoms with Crippen LogP contribution in [0.25, 0.3) is 0 Å². The molecule has 1 N–H and O–H groups in total. The van der Waals surface area contributed by atoms with Crippen LogP contribution >= 0.6 is 0 Å². The van der Waals surface area contributed by atoms with Crippen molar-refractivity contribution in [3.05, 3.63) is 38.4 Å². The first-order valence-electron chi connectivity index (χ1n) is 7.92. The summed E-state index contributed by atoms with van der Waals surface area (Å²) in [6, 6.07) is 1.66. The Bertz CT molecular complexity index is 713. The number of likely N-dealkylation sites (tertiary alicyclic amines) is 1. The van der Waals surface area contributed by atoms with Crippen molar-refractivity contribution in [1.29, 1.82) is 0 Å². The van der Waals surface area contributed by atoms with Gasteiger partial charge in [-0.1, -0.05) is 6.92 Å². The Labute approximate surface area is 140 Å². The second-order valence-corrected chi connectivity index (χ2v) is 6.58. The largest absolute Gasteiger partial charge is 0.481 e. The van der Waals surface area contributed by atoms with Crippen molar-refractivity contribution in [3.63, 3.8) is 0 Å². The lowest BCUT2D eigenvalue weighted by atomic mass is 9.86. The molecule has 1 aliphatic rings. The molecule has 130 valence electrons. The molecule has 0 bridgehead atoms. The molecule has 1 heterocycles. The first kappa shape index (κ1) is 17.9. The monoisotopic (exact) mass is 334 g/mol. The molecule has 1 saturated heterocycles. The highest BCUT2D eigenvalue weighted by Crippen LogP contribution is 2.31. The van der Waals surface area contributed by atoms with Gasteiger partial charge in [0.15, 0.2) is 0 Å². The van der Waals surface area contributed by atoms with E-state index in [2.05, 4.69) is 0 Å². The van der Waals surface area contributed by atoms with Crippen LogP contribution < -0.4 is 0 Å². The molecule has 7 nitrogen and oxygen atoms in total. The predicted molar refractivity (Wildman–Crippen MR) is 88.1 cm³/mol. The van der Waals surface area contributed by atoms with Gasteiger partial charge < -0.3 is 10.0 Å². The van der Waals surface area contributed by atoms with Gasteiger partial charge in [-0.05, 0) is 44.7 Å². The van der Waals surface area contributed by atoms with Gasteiger partial charge in [-0.25, -0.2) is 0 Å². The van der Waals surface area contributed by atoms with Crippen LogP contribution in [0.2, 0.25) is 0 Å². The van der Waals surface area contributed by atoms with Crippen LogP contribution in [-0.4, -0.2) is 39.9 Å². The first-order valence-corrected chi connectivity index (χ1v) is 7.92. The van der Waals surface area contributed by atoms with E-state index in [1.165, 1.54) is 0 Å². The van der Waals surface area contributed by atoms with Crippen molar-refractivity contribution in [1.82, 2.24) is 4.90 Å². The molecule has 0 spiro atoms. The van der Waals surface area contributed by atoms with Crippen LogP contribution in [0.1, 0.15) is 40.4 Å². The van der Waals surface area contributed by atoms with Crippen molar-refractivity contribution in [2.24, 2.45) is 11.8 Å². The van der Waals surface area contributed by atoms with Gasteiger partial charge in [0.2, 0.25) is 0 Å². The Kier molecular flexibility index (Phi) is 4.91. The number of hydrogen-bond donors (Lipinski definition) is 1. The lowest BCUT2D eigenvalue weighted by Crippen LogP contribution is -2.45. The van der Waals surface area contributed by atoms with Crippen LogP contribution in [0.3, 0.4) is 0 Å². The highest BCUT2D eigenvalue weighted by Gasteiger charge is 2.35. The van der Waals surface area contributed by atoms with Crippen LogP contribution in [0.4, 0.5) is 5.69 Å². The van der Waals surface area contributed by atoms with Gasteiger partial charge in [-0.3, -0.25) is 19.7 Å². The van der Waals surface area contributed by atoms with Crippen molar-refractivity contribution >= 4 is 17.6 Å². The highest BCUT2D eigenvalue weighted by molar-refractivity contribution is 5.98. The summed E-state index contributed by atoms with van der Waals surface area (Å²) < 4.78 is 0. The van der Waals surface area contributed by atoms with E-state index in [-0.39, 0.29) is 17.5 Å². The minimum Gasteiger partial charge on any atom is -0.481 e. The molecule has 24 heavy (non-hydrogen) atoms. The molecule has 0 aliphatic carbocycles. The number of rotatable bonds is 3. The van der Waals surface area contributed by atoms with Crippen LogP contribution in [-0.2, 0) is 4.79 Å². The van der Waals surface area contributed by atoms with E-state index in [1.807, 2.05) is 6.92 Å². The third kappa shape index (κ3) is 3.11. The molecule has 0 radical (unpaired) electrons. The van der Waals surface area contributed by atoms with E-state index in [0.29, 0.717) is 41.8 Å². The average Bonchev–Trinajstić information content (AvgIpc) is 2.45. The number of aliphatic carboxylic acids is 1. The molecule has 0 saturated carbocycles. The Morgan fingerprint density at radius 2 is 1.92 bits per heavy atom. The van der Waals surface area contributed by atoms with Gasteiger partial charge in [0, 0.05) is 24.2 Å². The number of carbonyl (C=O) groups is 2. The van der Waals surface area contributed by atoms with E-state index in [1.54, 1.807) is 31.7 Å². The lowest BCUT2D eigenvalue weighted by molar-refractivity contribution is -0.386. The van der Waals surface area contributed by atoms with Gasteiger partial charge in [-0.2, -0.15) is 0 Å². The van der Waals surface area contributed by atoms with E-state index >= 15 is 0 Å². The molecule has 2 rings (SSSR count). The summed E-state index contributed by atoms with van der Waals surface area (Å²) in [7, 11) is 0. The minimum atomic E-state index is -0.840. The number of carbonyl (C=O) groups excluding carboxylic acids is 1. The van der Waals surface area contributed by atoms with Crippen molar-refractivity contribution < 1.29 is 19.6 Å². The number of benzene rings is 1. The number of hydrogen-bond acceptors (Lipinski definition) is 4. The second-order valence-electron chi connectivity index (χ2n) is 6.58. The Hall–Kier alpha value is -2.44. The summed E-state index contributed by atoms with van der Waals surface area (Å²) in [4.78, 5) is 36.5. The lowest BCUT2D eigenvalue weighted by Gasteiger charge is -2.35. The minimum absolute atomic E-state index is 0.0302. The highest BCUT2D eigenvalue weighted by atomic mass is 16.6. The van der Waals surface area contributed by atoms with E-state index in [4.69, 9.17) is 0 Å². The normalized spacial score (nSPS) is 20.8. The number of carboxylic acid groups (broad SMARTS) is 1. The molecule has 1 amide bonds. The molecule has 1 fully saturated rings. The van der Waals surface area contributed by atoms with Crippen LogP contribution in [0, 0.1) is 42.7 Å². The maximum atomic E-state index is 12.9. The standard InChI is InChI=1S/C17H22N2O5/c1-9-7-10(2)15(19(23)24)12(4)14(9)16(20)18-6-5-13(17(21)22)11(3)8-18/h7,11,13H,5-6,8H2,1-4H3,(H,21,22). The molecule has 1 aliphatic heterocycles. The third-order valence-corrected chi connectivity index (χ3v) is 4.84. The van der Waals surface area contributed by atoms with Gasteiger partial charge in [0.05, 0.1) is 16.4 Å². The van der Waals surface area contributed by atoms with E-state index in [9.17, 15) is 24.8 Å². The molecular weight excluding hydrogens is 312 g/mol. The summed E-state index contributed by atoms with van der Waals surface area (Å²) in [6.07, 6.45) is 0.397. The SMILES string of the molecule is Cc1cc(C)c([N+](=O)[O-])c(C)c1C(=O)N1CCC(C(=O)O)C(C)C1. The van der Waals surface area contributed by atoms with Gasteiger partial charge >= 0.3 is 5.97 Å². The Morgan fingerprint density at radius 1 is 1.29 bits per heavy atom. The molecule has 7 heteroatoms. The fourth-order valence-electron chi connectivity index (χ4n) is 3.64. The quantitative estimate of drug-likeness (QED) is 0.676. The Morgan fingerprint density at radius 3 is 2.42 bits per heavy atom. The molecule has 1 aromatic carbocycles. The third-order valence-electron chi connectivity index (χ3n) is 4.84. The second kappa shape index (κ2) is 6.59. The number of amides is 1. The number of aryl methyl sites for hydroxylation is 2. The number of nitro groups is 1. The zero-order chi connectivity index (χ0) is 18.2. The van der Waals surface area contributed by atoms with Crippen LogP contribution in [0.15, 0.2) is 6.07 Å². The Balaban J connectivity index is 2.36. The van der Waals surface area contributed by atoms with Crippen molar-refractivity contribution in [2.45, 2.75) is 34.1 Å². The average molecular weight is 334 g/mol. The van der Waals surface area contributed by atoms with Gasteiger partial charge in [0.25, 0.3) is 11.6 Å².